The Morgan fingerprint density at radius 1 is 1.03 bits per heavy atom. The molecule has 5 atom stereocenters. The van der Waals surface area contributed by atoms with Gasteiger partial charge in [-0.1, -0.05) is 39.8 Å². The highest BCUT2D eigenvalue weighted by Gasteiger charge is 2.41. The molecule has 8 rings (SSSR count). The predicted octanol–water partition coefficient (Wildman–Crippen LogP) is 6.64. The Kier molecular flexibility index (Phi) is 24.7. The lowest BCUT2D eigenvalue weighted by molar-refractivity contribution is -0.155. The van der Waals surface area contributed by atoms with Gasteiger partial charge in [-0.25, -0.2) is 15.2 Å². The Bertz CT molecular complexity index is 2680. The van der Waals surface area contributed by atoms with E-state index < -0.39 is 41.3 Å². The summed E-state index contributed by atoms with van der Waals surface area (Å²) in [5, 5.41) is 8.13. The second kappa shape index (κ2) is 28.3. The summed E-state index contributed by atoms with van der Waals surface area (Å²) < 4.78 is 14.3. The van der Waals surface area contributed by atoms with Gasteiger partial charge in [-0.05, 0) is 95.3 Å². The summed E-state index contributed by atoms with van der Waals surface area (Å²) in [6, 6.07) is 7.27. The fraction of sp³-hybridized carbons (Fsp3) is 0.566. The number of nitrogens with one attached hydrogen (secondary N) is 2. The number of benzene rings is 1. The number of amides is 5. The Hall–Kier alpha value is -3.94. The predicted molar refractivity (Wildman–Crippen MR) is 326 cm³/mol. The van der Waals surface area contributed by atoms with Crippen molar-refractivity contribution < 1.29 is 33.4 Å². The van der Waals surface area contributed by atoms with Crippen LogP contribution < -0.4 is 10.7 Å². The van der Waals surface area contributed by atoms with Crippen LogP contribution in [0.25, 0.3) is 33.4 Å². The van der Waals surface area contributed by atoms with E-state index in [9.17, 15) is 24.0 Å². The van der Waals surface area contributed by atoms with Crippen molar-refractivity contribution in [1.82, 2.24) is 49.9 Å². The first-order valence-corrected chi connectivity index (χ1v) is 26.1. The van der Waals surface area contributed by atoms with E-state index in [4.69, 9.17) is 19.4 Å². The number of hydrogen-bond acceptors (Lipinski definition) is 12. The minimum Gasteiger partial charge on any atom is -0.464 e. The highest BCUT2D eigenvalue weighted by Crippen LogP contribution is 2.42. The van der Waals surface area contributed by atoms with Crippen LogP contribution in [0.15, 0.2) is 54.1 Å². The lowest BCUT2D eigenvalue weighted by Gasteiger charge is -2.45. The van der Waals surface area contributed by atoms with Crippen molar-refractivity contribution in [3.63, 3.8) is 0 Å². The molecule has 0 radical (unpaired) electrons. The van der Waals surface area contributed by atoms with Gasteiger partial charge in [0.05, 0.1) is 40.8 Å². The number of urea groups is 1. The molecule has 5 amide bonds. The number of carbonyl (C=O) groups excluding carboxylic acids is 5. The number of thiazole rings is 1. The van der Waals surface area contributed by atoms with Crippen LogP contribution in [0.3, 0.4) is 0 Å². The molecule has 7 heterocycles. The van der Waals surface area contributed by atoms with Crippen LogP contribution in [0.2, 0.25) is 0 Å². The maximum Gasteiger partial charge on any atom is 0.324 e. The highest BCUT2D eigenvalue weighted by atomic mass is 32.1. The molecule has 4 aliphatic heterocycles. The molecule has 3 saturated heterocycles. The summed E-state index contributed by atoms with van der Waals surface area (Å²) in [7, 11) is 7.04. The summed E-state index contributed by atoms with van der Waals surface area (Å²) in [6.45, 7) is 15.0. The largest absolute Gasteiger partial charge is 0.464 e. The SMILES string of the molecule is CCn1c(-c2cccnc2[C@H](C)OC)c2c3cc(ccc31)-c1csc(n1)C[C@H](NC(=O)[C@H](C(C)C)N(C)C(=O)N(C)C1CN(C(=O)/C=C/[C@@H]3CCCN3C)C1)C(=O)N1CCC[C@H](N1)C(=O)OCC(C)(C)C2.S.S.S.S.S. The van der Waals surface area contributed by atoms with Crippen molar-refractivity contribution in [2.75, 3.05) is 61.0 Å². The first-order valence-electron chi connectivity index (χ1n) is 25.2. The van der Waals surface area contributed by atoms with Crippen LogP contribution in [0, 0.1) is 11.3 Å². The summed E-state index contributed by atoms with van der Waals surface area (Å²) in [5.74, 6) is -1.78. The maximum atomic E-state index is 14.7. The third-order valence-corrected chi connectivity index (χ3v) is 15.7. The van der Waals surface area contributed by atoms with Gasteiger partial charge in [0.25, 0.3) is 5.91 Å². The molecule has 6 bridgehead atoms. The Morgan fingerprint density at radius 3 is 2.39 bits per heavy atom. The standard InChI is InChI=1S/C53H72N10O7S.5H2S/c1-11-62-43-20-18-34-25-38(43)39(48(62)37-16-12-22-54-46(37)33(4)69-10)27-53(5,6)31-70-51(67)40-17-14-24-63(57-40)50(66)41(26-44-55-42(34)30-71-44)56-49(65)47(32(2)3)60(9)52(68)59(8)36-28-61(29-36)45(64)21-19-35-15-13-23-58(35)7;;;;;/h12,16,18-22,25,30,32-33,35-36,40-41,47,57H,11,13-15,17,23-24,26-29,31H2,1-10H3,(H,56,65);5*1H2/b21-19+;;;;;/t33-,35-,40-,41-,47-;;;;;/m0...../s1. The molecule has 0 aliphatic carbocycles. The third kappa shape index (κ3) is 14.3. The van der Waals surface area contributed by atoms with Crippen molar-refractivity contribution in [1.29, 1.82) is 0 Å². The zero-order chi connectivity index (χ0) is 50.9. The molecular formula is C53H82N10O7S6. The molecule has 4 aliphatic rings. The minimum atomic E-state index is -1.09. The number of carbonyl (C=O) groups is 5. The molecule has 3 aromatic heterocycles. The number of aromatic nitrogens is 3. The molecule has 17 nitrogen and oxygen atoms in total. The van der Waals surface area contributed by atoms with Crippen LogP contribution in [0.1, 0.15) is 89.6 Å². The summed E-state index contributed by atoms with van der Waals surface area (Å²) in [4.78, 5) is 87.2. The zero-order valence-electron chi connectivity index (χ0n) is 45.6. The normalized spacial score (nSPS) is 20.6. The van der Waals surface area contributed by atoms with Gasteiger partial charge in [-0.2, -0.15) is 67.5 Å². The fourth-order valence-electron chi connectivity index (χ4n) is 10.6. The van der Waals surface area contributed by atoms with Crippen molar-refractivity contribution >= 4 is 119 Å². The third-order valence-electron chi connectivity index (χ3n) is 14.8. The van der Waals surface area contributed by atoms with Crippen molar-refractivity contribution in [3.05, 3.63) is 70.3 Å². The lowest BCUT2D eigenvalue weighted by Crippen LogP contribution is -2.65. The number of hydrogen-bond donors (Lipinski definition) is 2. The molecule has 0 spiro atoms. The van der Waals surface area contributed by atoms with Crippen LogP contribution in [-0.4, -0.2) is 160 Å². The first-order chi connectivity index (χ1) is 33.9. The van der Waals surface area contributed by atoms with Gasteiger partial charge in [0.15, 0.2) is 0 Å². The van der Waals surface area contributed by atoms with Crippen molar-refractivity contribution in [3.8, 4) is 22.5 Å². The number of esters is 1. The van der Waals surface area contributed by atoms with E-state index in [0.717, 1.165) is 64.1 Å². The number of rotatable bonds is 11. The molecule has 3 fully saturated rings. The summed E-state index contributed by atoms with van der Waals surface area (Å²) in [6.07, 6.45) is 8.93. The summed E-state index contributed by atoms with van der Waals surface area (Å²) >= 11 is 1.41. The van der Waals surface area contributed by atoms with E-state index in [1.807, 2.05) is 38.3 Å². The van der Waals surface area contributed by atoms with Gasteiger partial charge in [0, 0.05) is 105 Å². The number of fused-ring (bicyclic) bond motifs is 6. The average molecular weight is 1160 g/mol. The van der Waals surface area contributed by atoms with E-state index >= 15 is 0 Å². The first kappa shape index (κ1) is 66.3. The summed E-state index contributed by atoms with van der Waals surface area (Å²) in [5.41, 5.74) is 9.27. The number of hydrazine groups is 1. The average Bonchev–Trinajstić information content (AvgIpc) is 4.07. The van der Waals surface area contributed by atoms with Gasteiger partial charge >= 0.3 is 12.0 Å². The van der Waals surface area contributed by atoms with E-state index in [-0.39, 0.29) is 117 Å². The number of likely N-dealkylation sites (tertiary alicyclic amines) is 2. The number of cyclic esters (lactones) is 1. The van der Waals surface area contributed by atoms with Crippen LogP contribution in [-0.2, 0) is 48.0 Å². The number of pyridine rings is 1. The number of nitrogens with zero attached hydrogens (tertiary/aromatic N) is 8. The van der Waals surface area contributed by atoms with Gasteiger partial charge in [0.2, 0.25) is 11.8 Å². The molecular weight excluding hydrogens is 1080 g/mol. The van der Waals surface area contributed by atoms with Gasteiger partial charge < -0.3 is 34.1 Å². The second-order valence-electron chi connectivity index (χ2n) is 20.9. The van der Waals surface area contributed by atoms with Gasteiger partial charge in [0.1, 0.15) is 18.1 Å². The molecule has 0 saturated carbocycles. The van der Waals surface area contributed by atoms with Crippen LogP contribution in [0.4, 0.5) is 4.79 Å². The Balaban J connectivity index is 0.00000304. The maximum absolute atomic E-state index is 14.7. The lowest BCUT2D eigenvalue weighted by atomic mass is 9.84. The highest BCUT2D eigenvalue weighted by molar-refractivity contribution is 7.60. The molecule has 0 unspecified atom stereocenters. The van der Waals surface area contributed by atoms with Crippen molar-refractivity contribution in [2.45, 2.75) is 123 Å². The Morgan fingerprint density at radius 2 is 1.74 bits per heavy atom. The molecule has 76 heavy (non-hydrogen) atoms. The van der Waals surface area contributed by atoms with Gasteiger partial charge in [-0.15, -0.1) is 11.3 Å². The molecule has 4 aromatic rings. The monoisotopic (exact) mass is 1160 g/mol. The molecule has 2 N–H and O–H groups in total. The van der Waals surface area contributed by atoms with Gasteiger partial charge in [-0.3, -0.25) is 34.1 Å². The number of ether oxygens (including phenoxy) is 2. The Labute approximate surface area is 487 Å². The topological polar surface area (TPSA) is 175 Å². The smallest absolute Gasteiger partial charge is 0.324 e. The van der Waals surface area contributed by atoms with Crippen LogP contribution >= 0.6 is 78.8 Å². The number of methoxy groups -OCH3 is 1. The number of likely N-dealkylation sites (N-methyl/N-ethyl adjacent to an activating group) is 3. The van der Waals surface area contributed by atoms with Crippen molar-refractivity contribution in [2.24, 2.45) is 11.3 Å². The van der Waals surface area contributed by atoms with E-state index in [1.54, 1.807) is 43.3 Å². The van der Waals surface area contributed by atoms with E-state index in [0.29, 0.717) is 50.4 Å². The quantitative estimate of drug-likeness (QED) is 0.122. The molecule has 1 aromatic carbocycles. The number of aryl methyl sites for hydroxylation is 1. The van der Waals surface area contributed by atoms with Crippen LogP contribution in [0.5, 0.6) is 0 Å². The minimum absolute atomic E-state index is 0. The molecule has 23 heteroatoms. The van der Waals surface area contributed by atoms with E-state index in [2.05, 4.69) is 72.3 Å². The molecule has 422 valence electrons. The zero-order valence-corrected chi connectivity index (χ0v) is 51.4. The van der Waals surface area contributed by atoms with E-state index in [1.165, 1.54) is 21.2 Å². The second-order valence-corrected chi connectivity index (χ2v) is 21.9. The fourth-order valence-corrected chi connectivity index (χ4v) is 11.5.